The van der Waals surface area contributed by atoms with Gasteiger partial charge in [0, 0.05) is 6.42 Å². The summed E-state index contributed by atoms with van der Waals surface area (Å²) in [4.78, 5) is 34.6. The lowest BCUT2D eigenvalue weighted by atomic mass is 9.79. The monoisotopic (exact) mass is 329 g/mol. The third-order valence-corrected chi connectivity index (χ3v) is 4.20. The van der Waals surface area contributed by atoms with Crippen LogP contribution in [0.2, 0.25) is 0 Å². The molecular weight excluding hydrogens is 302 g/mol. The zero-order chi connectivity index (χ0) is 17.6. The van der Waals surface area contributed by atoms with Crippen molar-refractivity contribution in [1.82, 2.24) is 0 Å². The summed E-state index contributed by atoms with van der Waals surface area (Å²) in [6, 6.07) is -0.823. The maximum absolute atomic E-state index is 12.1. The van der Waals surface area contributed by atoms with Crippen LogP contribution in [-0.4, -0.2) is 35.3 Å². The Kier molecular flexibility index (Phi) is 7.48. The topological polar surface area (TPSA) is 116 Å². The molecule has 1 saturated carbocycles. The molecule has 0 aromatic rings. The molecule has 0 bridgehead atoms. The fourth-order valence-corrected chi connectivity index (χ4v) is 2.58. The van der Waals surface area contributed by atoms with Gasteiger partial charge in [0.05, 0.1) is 11.8 Å². The molecule has 0 saturated heterocycles. The highest BCUT2D eigenvalue weighted by atomic mass is 16.7. The third-order valence-electron chi connectivity index (χ3n) is 4.20. The third kappa shape index (κ3) is 5.82. The summed E-state index contributed by atoms with van der Waals surface area (Å²) in [5, 5.41) is 8.98. The molecule has 0 aromatic carbocycles. The number of aliphatic carboxylic acids is 1. The molecule has 1 fully saturated rings. The fraction of sp³-hybridized carbons (Fsp3) is 0.812. The number of nitrogens with two attached hydrogens (primary N) is 1. The van der Waals surface area contributed by atoms with E-state index < -0.39 is 30.2 Å². The van der Waals surface area contributed by atoms with Crippen LogP contribution in [-0.2, 0) is 23.9 Å². The summed E-state index contributed by atoms with van der Waals surface area (Å²) in [7, 11) is 0. The smallest absolute Gasteiger partial charge is 0.326 e. The van der Waals surface area contributed by atoms with Crippen LogP contribution in [0.1, 0.15) is 52.9 Å². The second-order valence-electron chi connectivity index (χ2n) is 6.34. The summed E-state index contributed by atoms with van der Waals surface area (Å²) in [5.41, 5.74) is 5.94. The van der Waals surface area contributed by atoms with Crippen molar-refractivity contribution in [2.75, 3.05) is 0 Å². The van der Waals surface area contributed by atoms with Gasteiger partial charge in [0.1, 0.15) is 6.04 Å². The van der Waals surface area contributed by atoms with Crippen LogP contribution in [0.3, 0.4) is 0 Å². The van der Waals surface area contributed by atoms with Gasteiger partial charge in [0.25, 0.3) is 0 Å². The van der Waals surface area contributed by atoms with Crippen molar-refractivity contribution < 1.29 is 29.0 Å². The van der Waals surface area contributed by atoms with Crippen LogP contribution in [0.15, 0.2) is 0 Å². The van der Waals surface area contributed by atoms with Crippen molar-refractivity contribution in [3.8, 4) is 0 Å². The van der Waals surface area contributed by atoms with Crippen LogP contribution < -0.4 is 5.73 Å². The molecule has 7 nitrogen and oxygen atoms in total. The molecule has 0 amide bonds. The van der Waals surface area contributed by atoms with Gasteiger partial charge in [0.2, 0.25) is 6.29 Å². The summed E-state index contributed by atoms with van der Waals surface area (Å²) in [5.74, 6) is -2.59. The van der Waals surface area contributed by atoms with Gasteiger partial charge in [-0.1, -0.05) is 20.8 Å². The van der Waals surface area contributed by atoms with Gasteiger partial charge in [-0.3, -0.25) is 14.4 Å². The first-order chi connectivity index (χ1) is 10.8. The van der Waals surface area contributed by atoms with Gasteiger partial charge in [-0.05, 0) is 31.6 Å². The number of carboxylic acids is 1. The number of esters is 2. The number of carbonyl (C=O) groups excluding carboxylic acids is 2. The summed E-state index contributed by atoms with van der Waals surface area (Å²) in [6.45, 7) is 5.14. The average Bonchev–Trinajstić information content (AvgIpc) is 2.53. The molecule has 0 heterocycles. The summed E-state index contributed by atoms with van der Waals surface area (Å²) in [6.07, 6.45) is 1.61. The Labute approximate surface area is 136 Å². The van der Waals surface area contributed by atoms with Crippen LogP contribution in [0, 0.1) is 17.8 Å². The van der Waals surface area contributed by atoms with Crippen LogP contribution in [0.5, 0.6) is 0 Å². The van der Waals surface area contributed by atoms with Crippen molar-refractivity contribution >= 4 is 17.9 Å². The van der Waals surface area contributed by atoms with Crippen molar-refractivity contribution in [3.05, 3.63) is 0 Å². The maximum atomic E-state index is 12.1. The molecule has 2 atom stereocenters. The van der Waals surface area contributed by atoms with Crippen molar-refractivity contribution in [3.63, 3.8) is 0 Å². The lowest BCUT2D eigenvalue weighted by Crippen LogP contribution is -2.43. The second kappa shape index (κ2) is 8.86. The molecule has 0 spiro atoms. The number of hydrogen-bond donors (Lipinski definition) is 2. The first-order valence-corrected chi connectivity index (χ1v) is 8.15. The van der Waals surface area contributed by atoms with E-state index in [1.807, 2.05) is 0 Å². The van der Waals surface area contributed by atoms with Crippen molar-refractivity contribution in [1.29, 1.82) is 0 Å². The van der Waals surface area contributed by atoms with Gasteiger partial charge in [-0.25, -0.2) is 0 Å². The van der Waals surface area contributed by atoms with Crippen LogP contribution in [0.4, 0.5) is 0 Å². The zero-order valence-electron chi connectivity index (χ0n) is 14.0. The molecule has 1 rings (SSSR count). The Bertz CT molecular complexity index is 428. The van der Waals surface area contributed by atoms with E-state index in [1.54, 1.807) is 20.8 Å². The van der Waals surface area contributed by atoms with Gasteiger partial charge in [0.15, 0.2) is 0 Å². The molecule has 1 aliphatic carbocycles. The minimum absolute atomic E-state index is 0.101. The van der Waals surface area contributed by atoms with Crippen molar-refractivity contribution in [2.24, 2.45) is 23.5 Å². The highest BCUT2D eigenvalue weighted by Gasteiger charge is 2.34. The van der Waals surface area contributed by atoms with E-state index in [1.165, 1.54) is 0 Å². The molecule has 0 radical (unpaired) electrons. The van der Waals surface area contributed by atoms with E-state index in [-0.39, 0.29) is 17.8 Å². The Balaban J connectivity index is 2.49. The maximum Gasteiger partial charge on any atom is 0.326 e. The Morgan fingerprint density at radius 1 is 1.09 bits per heavy atom. The van der Waals surface area contributed by atoms with E-state index in [0.29, 0.717) is 32.1 Å². The summed E-state index contributed by atoms with van der Waals surface area (Å²) >= 11 is 0. The minimum atomic E-state index is -0.932. The molecule has 2 unspecified atom stereocenters. The van der Waals surface area contributed by atoms with Gasteiger partial charge in [-0.15, -0.1) is 0 Å². The molecule has 0 aromatic heterocycles. The largest absolute Gasteiger partial charge is 0.481 e. The molecule has 7 heteroatoms. The minimum Gasteiger partial charge on any atom is -0.481 e. The van der Waals surface area contributed by atoms with Crippen molar-refractivity contribution in [2.45, 2.75) is 65.2 Å². The lowest BCUT2D eigenvalue weighted by molar-refractivity contribution is -0.192. The Morgan fingerprint density at radius 2 is 1.61 bits per heavy atom. The molecule has 3 N–H and O–H groups in total. The molecule has 132 valence electrons. The van der Waals surface area contributed by atoms with E-state index in [9.17, 15) is 14.4 Å². The fourth-order valence-electron chi connectivity index (χ4n) is 2.58. The Hall–Kier alpha value is -1.63. The number of rotatable bonds is 7. The first-order valence-electron chi connectivity index (χ1n) is 8.15. The normalized spacial score (nSPS) is 23.9. The first kappa shape index (κ1) is 19.4. The SMILES string of the molecule is CCC(OC(=O)C(C)C)OC(=O)C(N)[C@H]1CC[C@H](C(=O)O)CC1. The average molecular weight is 329 g/mol. The van der Waals surface area contributed by atoms with Gasteiger partial charge >= 0.3 is 17.9 Å². The molecule has 1 aliphatic rings. The Morgan fingerprint density at radius 3 is 2.04 bits per heavy atom. The van der Waals surface area contributed by atoms with Crippen LogP contribution in [0.25, 0.3) is 0 Å². The molecule has 23 heavy (non-hydrogen) atoms. The lowest BCUT2D eigenvalue weighted by Gasteiger charge is -2.30. The number of carbonyl (C=O) groups is 3. The van der Waals surface area contributed by atoms with E-state index >= 15 is 0 Å². The van der Waals surface area contributed by atoms with E-state index in [4.69, 9.17) is 20.3 Å². The number of hydrogen-bond acceptors (Lipinski definition) is 6. The summed E-state index contributed by atoms with van der Waals surface area (Å²) < 4.78 is 10.3. The highest BCUT2D eigenvalue weighted by molar-refractivity contribution is 5.77. The van der Waals surface area contributed by atoms with Gasteiger partial charge in [-0.2, -0.15) is 0 Å². The van der Waals surface area contributed by atoms with Gasteiger partial charge < -0.3 is 20.3 Å². The molecular formula is C16H27NO6. The predicted octanol–water partition coefficient (Wildman–Crippen LogP) is 1.68. The zero-order valence-corrected chi connectivity index (χ0v) is 14.0. The van der Waals surface area contributed by atoms with E-state index in [2.05, 4.69) is 0 Å². The van der Waals surface area contributed by atoms with Crippen LogP contribution >= 0.6 is 0 Å². The number of ether oxygens (including phenoxy) is 2. The quantitative estimate of drug-likeness (QED) is 0.539. The number of carboxylic acid groups (broad SMARTS) is 1. The van der Waals surface area contributed by atoms with E-state index in [0.717, 1.165) is 0 Å². The highest BCUT2D eigenvalue weighted by Crippen LogP contribution is 2.31. The predicted molar refractivity (Wildman–Crippen MR) is 82.2 cm³/mol. The standard InChI is InChI=1S/C16H27NO6/c1-4-12(22-15(20)9(2)3)23-16(21)13(17)10-5-7-11(8-6-10)14(18)19/h9-13H,4-8,17H2,1-3H3,(H,18,19)/t10-,11-,12?,13?. The molecule has 0 aliphatic heterocycles. The second-order valence-corrected chi connectivity index (χ2v) is 6.34.